The first kappa shape index (κ1) is 13.2. The van der Waals surface area contributed by atoms with Crippen LogP contribution < -0.4 is 5.73 Å². The van der Waals surface area contributed by atoms with E-state index >= 15 is 0 Å². The summed E-state index contributed by atoms with van der Waals surface area (Å²) in [6, 6.07) is 4.04. The molecule has 1 unspecified atom stereocenters. The molecule has 0 aliphatic rings. The Balaban J connectivity index is 2.62. The molecule has 0 bridgehead atoms. The summed E-state index contributed by atoms with van der Waals surface area (Å²) < 4.78 is 2.07. The lowest BCUT2D eigenvalue weighted by molar-refractivity contribution is 0.342. The predicted octanol–water partition coefficient (Wildman–Crippen LogP) is 2.70. The minimum absolute atomic E-state index is 0.252. The number of benzene rings is 1. The zero-order valence-corrected chi connectivity index (χ0v) is 12.0. The summed E-state index contributed by atoms with van der Waals surface area (Å²) in [6.07, 6.45) is 0. The standard InChI is InChI=1S/C13H19ClN4/c1-8(7-17(3)4)18-12-9(2)10(14)5-6-11(12)16-13(18)15/h5-6,8H,7H2,1-4H3,(H2,15,16). The number of fused-ring (bicyclic) bond motifs is 1. The Morgan fingerprint density at radius 1 is 1.44 bits per heavy atom. The third kappa shape index (κ3) is 2.18. The summed E-state index contributed by atoms with van der Waals surface area (Å²) in [6.45, 7) is 5.05. The van der Waals surface area contributed by atoms with E-state index in [9.17, 15) is 0 Å². The van der Waals surface area contributed by atoms with Crippen LogP contribution in [0.15, 0.2) is 12.1 Å². The zero-order valence-electron chi connectivity index (χ0n) is 11.2. The van der Waals surface area contributed by atoms with E-state index in [-0.39, 0.29) is 6.04 Å². The second-order valence-corrected chi connectivity index (χ2v) is 5.40. The lowest BCUT2D eigenvalue weighted by Gasteiger charge is -2.20. The highest BCUT2D eigenvalue weighted by atomic mass is 35.5. The molecule has 0 fully saturated rings. The Morgan fingerprint density at radius 2 is 2.11 bits per heavy atom. The minimum atomic E-state index is 0.252. The number of nitrogens with two attached hydrogens (primary N) is 1. The summed E-state index contributed by atoms with van der Waals surface area (Å²) in [5.74, 6) is 0.546. The van der Waals surface area contributed by atoms with E-state index < -0.39 is 0 Å². The molecule has 4 nitrogen and oxygen atoms in total. The molecule has 2 N–H and O–H groups in total. The van der Waals surface area contributed by atoms with Gasteiger partial charge in [-0.05, 0) is 45.6 Å². The van der Waals surface area contributed by atoms with E-state index in [1.54, 1.807) is 0 Å². The molecule has 1 atom stereocenters. The van der Waals surface area contributed by atoms with Crippen LogP contribution in [0.4, 0.5) is 5.95 Å². The van der Waals surface area contributed by atoms with Crippen molar-refractivity contribution in [1.82, 2.24) is 14.5 Å². The minimum Gasteiger partial charge on any atom is -0.369 e. The van der Waals surface area contributed by atoms with E-state index in [0.717, 1.165) is 28.2 Å². The molecule has 0 amide bonds. The third-order valence-corrected chi connectivity index (χ3v) is 3.55. The number of halogens is 1. The zero-order chi connectivity index (χ0) is 13.4. The van der Waals surface area contributed by atoms with Crippen LogP contribution >= 0.6 is 11.6 Å². The number of nitrogens with zero attached hydrogens (tertiary/aromatic N) is 3. The fourth-order valence-corrected chi connectivity index (χ4v) is 2.56. The Labute approximate surface area is 112 Å². The first-order valence-electron chi connectivity index (χ1n) is 5.99. The largest absolute Gasteiger partial charge is 0.369 e. The Bertz CT molecular complexity index is 574. The molecule has 2 aromatic rings. The summed E-state index contributed by atoms with van der Waals surface area (Å²) in [5, 5.41) is 0.751. The van der Waals surface area contributed by atoms with Gasteiger partial charge in [0.15, 0.2) is 0 Å². The second kappa shape index (κ2) is 4.78. The Hall–Kier alpha value is -1.26. The molecular formula is C13H19ClN4. The van der Waals surface area contributed by atoms with Crippen LogP contribution in [0.1, 0.15) is 18.5 Å². The first-order chi connectivity index (χ1) is 8.41. The molecule has 1 aromatic carbocycles. The van der Waals surface area contributed by atoms with E-state index in [1.165, 1.54) is 0 Å². The van der Waals surface area contributed by atoms with Gasteiger partial charge in [0.2, 0.25) is 5.95 Å². The van der Waals surface area contributed by atoms with Crippen molar-refractivity contribution in [2.24, 2.45) is 0 Å². The van der Waals surface area contributed by atoms with Crippen LogP contribution in [0.3, 0.4) is 0 Å². The molecule has 98 valence electrons. The molecule has 0 spiro atoms. The fraction of sp³-hybridized carbons (Fsp3) is 0.462. The van der Waals surface area contributed by atoms with Crippen LogP contribution in [-0.2, 0) is 0 Å². The number of imidazole rings is 1. The molecule has 0 aliphatic carbocycles. The normalized spacial score (nSPS) is 13.4. The molecule has 1 aromatic heterocycles. The monoisotopic (exact) mass is 266 g/mol. The summed E-state index contributed by atoms with van der Waals surface area (Å²) >= 11 is 6.19. The first-order valence-corrected chi connectivity index (χ1v) is 6.37. The summed E-state index contributed by atoms with van der Waals surface area (Å²) in [5.41, 5.74) is 9.01. The lowest BCUT2D eigenvalue weighted by Crippen LogP contribution is -2.23. The van der Waals surface area contributed by atoms with E-state index in [4.69, 9.17) is 17.3 Å². The number of rotatable bonds is 3. The van der Waals surface area contributed by atoms with Crippen LogP contribution in [0, 0.1) is 6.92 Å². The van der Waals surface area contributed by atoms with Gasteiger partial charge in [-0.15, -0.1) is 0 Å². The van der Waals surface area contributed by atoms with Crippen molar-refractivity contribution in [3.8, 4) is 0 Å². The molecular weight excluding hydrogens is 248 g/mol. The molecule has 18 heavy (non-hydrogen) atoms. The van der Waals surface area contributed by atoms with Crippen molar-refractivity contribution in [2.75, 3.05) is 26.4 Å². The van der Waals surface area contributed by atoms with Gasteiger partial charge in [0.1, 0.15) is 0 Å². The van der Waals surface area contributed by atoms with E-state index in [0.29, 0.717) is 5.95 Å². The Kier molecular flexibility index (Phi) is 3.50. The maximum absolute atomic E-state index is 6.19. The van der Waals surface area contributed by atoms with E-state index in [2.05, 4.69) is 21.4 Å². The average Bonchev–Trinajstić information content (AvgIpc) is 2.60. The highest BCUT2D eigenvalue weighted by Crippen LogP contribution is 2.29. The maximum Gasteiger partial charge on any atom is 0.201 e. The number of aryl methyl sites for hydroxylation is 1. The molecule has 2 rings (SSSR count). The number of aromatic nitrogens is 2. The van der Waals surface area contributed by atoms with Crippen molar-refractivity contribution < 1.29 is 0 Å². The van der Waals surface area contributed by atoms with Crippen molar-refractivity contribution in [3.63, 3.8) is 0 Å². The molecule has 0 aliphatic heterocycles. The Morgan fingerprint density at radius 3 is 2.72 bits per heavy atom. The summed E-state index contributed by atoms with van der Waals surface area (Å²) in [4.78, 5) is 6.54. The molecule has 0 saturated carbocycles. The lowest BCUT2D eigenvalue weighted by atomic mass is 10.2. The van der Waals surface area contributed by atoms with Gasteiger partial charge in [-0.3, -0.25) is 0 Å². The van der Waals surface area contributed by atoms with Crippen LogP contribution in [0.5, 0.6) is 0 Å². The smallest absolute Gasteiger partial charge is 0.201 e. The highest BCUT2D eigenvalue weighted by molar-refractivity contribution is 6.32. The van der Waals surface area contributed by atoms with Crippen LogP contribution in [0.2, 0.25) is 5.02 Å². The van der Waals surface area contributed by atoms with Gasteiger partial charge in [-0.1, -0.05) is 11.6 Å². The van der Waals surface area contributed by atoms with Crippen molar-refractivity contribution in [2.45, 2.75) is 19.9 Å². The van der Waals surface area contributed by atoms with Gasteiger partial charge in [0.25, 0.3) is 0 Å². The number of hydrogen-bond acceptors (Lipinski definition) is 3. The van der Waals surface area contributed by atoms with Gasteiger partial charge in [0.05, 0.1) is 11.0 Å². The van der Waals surface area contributed by atoms with Gasteiger partial charge in [0, 0.05) is 17.6 Å². The summed E-state index contributed by atoms with van der Waals surface area (Å²) in [7, 11) is 4.09. The van der Waals surface area contributed by atoms with E-state index in [1.807, 2.05) is 33.2 Å². The maximum atomic E-state index is 6.19. The van der Waals surface area contributed by atoms with Gasteiger partial charge < -0.3 is 15.2 Å². The predicted molar refractivity (Wildman–Crippen MR) is 77.2 cm³/mol. The SMILES string of the molecule is Cc1c(Cl)ccc2nc(N)n(C(C)CN(C)C)c12. The quantitative estimate of drug-likeness (QED) is 0.929. The number of anilines is 1. The third-order valence-electron chi connectivity index (χ3n) is 3.14. The average molecular weight is 267 g/mol. The number of likely N-dealkylation sites (N-methyl/N-ethyl adjacent to an activating group) is 1. The van der Waals surface area contributed by atoms with Crippen molar-refractivity contribution in [3.05, 3.63) is 22.7 Å². The topological polar surface area (TPSA) is 47.1 Å². The van der Waals surface area contributed by atoms with Crippen molar-refractivity contribution in [1.29, 1.82) is 0 Å². The molecule has 1 heterocycles. The van der Waals surface area contributed by atoms with Gasteiger partial charge >= 0.3 is 0 Å². The molecule has 0 saturated heterocycles. The molecule has 0 radical (unpaired) electrons. The fourth-order valence-electron chi connectivity index (χ4n) is 2.40. The van der Waals surface area contributed by atoms with Gasteiger partial charge in [-0.25, -0.2) is 4.98 Å². The van der Waals surface area contributed by atoms with Crippen LogP contribution in [0.25, 0.3) is 11.0 Å². The van der Waals surface area contributed by atoms with Gasteiger partial charge in [-0.2, -0.15) is 0 Å². The van der Waals surface area contributed by atoms with Crippen molar-refractivity contribution >= 4 is 28.6 Å². The number of nitrogen functional groups attached to an aromatic ring is 1. The highest BCUT2D eigenvalue weighted by Gasteiger charge is 2.17. The van der Waals surface area contributed by atoms with Crippen LogP contribution in [-0.4, -0.2) is 35.1 Å². The number of hydrogen-bond donors (Lipinski definition) is 1. The molecule has 5 heteroatoms. The second-order valence-electron chi connectivity index (χ2n) is 4.99.